The first-order chi connectivity index (χ1) is 9.10. The van der Waals surface area contributed by atoms with Crippen LogP contribution in [0.4, 0.5) is 0 Å². The van der Waals surface area contributed by atoms with E-state index in [1.807, 2.05) is 32.2 Å². The van der Waals surface area contributed by atoms with Gasteiger partial charge in [0.1, 0.15) is 5.75 Å². The van der Waals surface area contributed by atoms with Crippen molar-refractivity contribution >= 4 is 5.97 Å². The largest absolute Gasteiger partial charge is 0.497 e. The molecule has 1 aromatic rings. The van der Waals surface area contributed by atoms with Gasteiger partial charge in [-0.2, -0.15) is 0 Å². The van der Waals surface area contributed by atoms with Crippen LogP contribution < -0.4 is 4.74 Å². The van der Waals surface area contributed by atoms with E-state index >= 15 is 0 Å². The van der Waals surface area contributed by atoms with Crippen molar-refractivity contribution in [2.45, 2.75) is 19.9 Å². The summed E-state index contributed by atoms with van der Waals surface area (Å²) >= 11 is 0. The van der Waals surface area contributed by atoms with Crippen LogP contribution in [0.3, 0.4) is 0 Å². The van der Waals surface area contributed by atoms with Gasteiger partial charge in [0.25, 0.3) is 0 Å². The number of carbonyl (C=O) groups excluding carboxylic acids is 1. The summed E-state index contributed by atoms with van der Waals surface area (Å²) in [6, 6.07) is 7.96. The highest BCUT2D eigenvalue weighted by molar-refractivity contribution is 5.72. The van der Waals surface area contributed by atoms with Gasteiger partial charge in [0.15, 0.2) is 0 Å². The summed E-state index contributed by atoms with van der Waals surface area (Å²) in [6.45, 7) is 3.48. The normalized spacial score (nSPS) is 12.3. The van der Waals surface area contributed by atoms with Crippen molar-refractivity contribution in [1.82, 2.24) is 4.90 Å². The second-order valence-electron chi connectivity index (χ2n) is 4.68. The zero-order valence-corrected chi connectivity index (χ0v) is 12.2. The lowest BCUT2D eigenvalue weighted by Crippen LogP contribution is -2.30. The fourth-order valence-corrected chi connectivity index (χ4v) is 2.06. The molecule has 0 aromatic heterocycles. The number of hydrogen-bond donors (Lipinski definition) is 0. The Balaban J connectivity index is 2.58. The molecule has 0 N–H and O–H groups in total. The standard InChI is InChI=1S/C15H23NO3/c1-5-13(15(17)19-4)11-16(2)10-12-7-6-8-14(9-12)18-3/h6-9,13H,5,10-11H2,1-4H3. The molecule has 0 fully saturated rings. The minimum absolute atomic E-state index is 0.0689. The maximum atomic E-state index is 11.6. The molecule has 0 amide bonds. The van der Waals surface area contributed by atoms with E-state index in [1.54, 1.807) is 7.11 Å². The molecule has 0 aliphatic carbocycles. The lowest BCUT2D eigenvalue weighted by molar-refractivity contribution is -0.146. The molecule has 4 heteroatoms. The second kappa shape index (κ2) is 7.79. The van der Waals surface area contributed by atoms with Crippen molar-refractivity contribution in [2.75, 3.05) is 27.8 Å². The van der Waals surface area contributed by atoms with E-state index in [9.17, 15) is 4.79 Å². The van der Waals surface area contributed by atoms with Gasteiger partial charge < -0.3 is 14.4 Å². The topological polar surface area (TPSA) is 38.8 Å². The summed E-state index contributed by atoms with van der Waals surface area (Å²) in [4.78, 5) is 13.7. The Bertz CT molecular complexity index is 406. The molecule has 19 heavy (non-hydrogen) atoms. The SMILES string of the molecule is CCC(CN(C)Cc1cccc(OC)c1)C(=O)OC. The number of ether oxygens (including phenoxy) is 2. The van der Waals surface area contributed by atoms with E-state index in [4.69, 9.17) is 9.47 Å². The van der Waals surface area contributed by atoms with Gasteiger partial charge in [-0.1, -0.05) is 19.1 Å². The first-order valence-electron chi connectivity index (χ1n) is 6.50. The number of carbonyl (C=O) groups is 1. The zero-order chi connectivity index (χ0) is 14.3. The quantitative estimate of drug-likeness (QED) is 0.709. The number of methoxy groups -OCH3 is 2. The van der Waals surface area contributed by atoms with Crippen LogP contribution in [-0.4, -0.2) is 38.7 Å². The van der Waals surface area contributed by atoms with Gasteiger partial charge in [-0.15, -0.1) is 0 Å². The minimum atomic E-state index is -0.139. The molecule has 0 radical (unpaired) electrons. The summed E-state index contributed by atoms with van der Waals surface area (Å²) < 4.78 is 10.0. The predicted molar refractivity (Wildman–Crippen MR) is 75.1 cm³/mol. The van der Waals surface area contributed by atoms with Gasteiger partial charge in [0, 0.05) is 13.1 Å². The van der Waals surface area contributed by atoms with Crippen molar-refractivity contribution in [3.8, 4) is 5.75 Å². The zero-order valence-electron chi connectivity index (χ0n) is 12.2. The fraction of sp³-hybridized carbons (Fsp3) is 0.533. The van der Waals surface area contributed by atoms with Crippen LogP contribution in [0.1, 0.15) is 18.9 Å². The highest BCUT2D eigenvalue weighted by Gasteiger charge is 2.18. The highest BCUT2D eigenvalue weighted by atomic mass is 16.5. The average molecular weight is 265 g/mol. The van der Waals surface area contributed by atoms with Gasteiger partial charge in [-0.25, -0.2) is 0 Å². The van der Waals surface area contributed by atoms with Crippen LogP contribution in [-0.2, 0) is 16.1 Å². The van der Waals surface area contributed by atoms with Gasteiger partial charge in [-0.3, -0.25) is 4.79 Å². The molecule has 1 atom stereocenters. The van der Waals surface area contributed by atoms with Crippen molar-refractivity contribution in [3.63, 3.8) is 0 Å². The Morgan fingerprint density at radius 2 is 2.11 bits per heavy atom. The van der Waals surface area contributed by atoms with E-state index in [0.717, 1.165) is 18.7 Å². The van der Waals surface area contributed by atoms with Crippen molar-refractivity contribution in [3.05, 3.63) is 29.8 Å². The molecule has 1 aromatic carbocycles. The molecule has 0 saturated heterocycles. The molecular formula is C15H23NO3. The third-order valence-electron chi connectivity index (χ3n) is 3.15. The smallest absolute Gasteiger partial charge is 0.309 e. The van der Waals surface area contributed by atoms with E-state index in [-0.39, 0.29) is 11.9 Å². The number of hydrogen-bond acceptors (Lipinski definition) is 4. The molecular weight excluding hydrogens is 242 g/mol. The molecule has 0 aliphatic rings. The van der Waals surface area contributed by atoms with Crippen LogP contribution in [0.15, 0.2) is 24.3 Å². The number of esters is 1. The Morgan fingerprint density at radius 3 is 2.68 bits per heavy atom. The maximum Gasteiger partial charge on any atom is 0.309 e. The molecule has 106 valence electrons. The van der Waals surface area contributed by atoms with Crippen molar-refractivity contribution in [2.24, 2.45) is 5.92 Å². The third-order valence-corrected chi connectivity index (χ3v) is 3.15. The summed E-state index contributed by atoms with van der Waals surface area (Å²) in [7, 11) is 5.10. The van der Waals surface area contributed by atoms with Gasteiger partial charge >= 0.3 is 5.97 Å². The van der Waals surface area contributed by atoms with Gasteiger partial charge in [0.05, 0.1) is 20.1 Å². The molecule has 0 heterocycles. The van der Waals surface area contributed by atoms with Crippen molar-refractivity contribution in [1.29, 1.82) is 0 Å². The van der Waals surface area contributed by atoms with Gasteiger partial charge in [-0.05, 0) is 31.2 Å². The molecule has 4 nitrogen and oxygen atoms in total. The highest BCUT2D eigenvalue weighted by Crippen LogP contribution is 2.15. The Hall–Kier alpha value is -1.55. The molecule has 0 spiro atoms. The summed E-state index contributed by atoms with van der Waals surface area (Å²) in [6.07, 6.45) is 0.787. The van der Waals surface area contributed by atoms with Crippen LogP contribution in [0.5, 0.6) is 5.75 Å². The molecule has 0 aliphatic heterocycles. The third kappa shape index (κ3) is 4.91. The molecule has 1 rings (SSSR count). The fourth-order valence-electron chi connectivity index (χ4n) is 2.06. The summed E-state index contributed by atoms with van der Waals surface area (Å²) in [5, 5.41) is 0. The van der Waals surface area contributed by atoms with E-state index in [0.29, 0.717) is 6.54 Å². The number of benzene rings is 1. The van der Waals surface area contributed by atoms with E-state index in [2.05, 4.69) is 11.0 Å². The minimum Gasteiger partial charge on any atom is -0.497 e. The predicted octanol–water partition coefficient (Wildman–Crippen LogP) is 2.33. The van der Waals surface area contributed by atoms with Crippen molar-refractivity contribution < 1.29 is 14.3 Å². The Labute approximate surface area is 115 Å². The van der Waals surface area contributed by atoms with Crippen LogP contribution in [0.25, 0.3) is 0 Å². The lowest BCUT2D eigenvalue weighted by atomic mass is 10.1. The monoisotopic (exact) mass is 265 g/mol. The van der Waals surface area contributed by atoms with E-state index < -0.39 is 0 Å². The average Bonchev–Trinajstić information content (AvgIpc) is 2.44. The first kappa shape index (κ1) is 15.5. The summed E-state index contributed by atoms with van der Waals surface area (Å²) in [5.41, 5.74) is 1.17. The summed E-state index contributed by atoms with van der Waals surface area (Å²) in [5.74, 6) is 0.645. The molecule has 0 saturated carbocycles. The van der Waals surface area contributed by atoms with Crippen LogP contribution in [0, 0.1) is 5.92 Å². The number of rotatable bonds is 7. The molecule has 0 bridgehead atoms. The number of nitrogens with zero attached hydrogens (tertiary/aromatic N) is 1. The van der Waals surface area contributed by atoms with Crippen LogP contribution in [0.2, 0.25) is 0 Å². The van der Waals surface area contributed by atoms with Crippen LogP contribution >= 0.6 is 0 Å². The van der Waals surface area contributed by atoms with Gasteiger partial charge in [0.2, 0.25) is 0 Å². The maximum absolute atomic E-state index is 11.6. The molecule has 1 unspecified atom stereocenters. The van der Waals surface area contributed by atoms with E-state index in [1.165, 1.54) is 12.7 Å². The lowest BCUT2D eigenvalue weighted by Gasteiger charge is -2.21. The Morgan fingerprint density at radius 1 is 1.37 bits per heavy atom. The first-order valence-corrected chi connectivity index (χ1v) is 6.50. The second-order valence-corrected chi connectivity index (χ2v) is 4.68. The Kier molecular flexibility index (Phi) is 6.36.